The van der Waals surface area contributed by atoms with E-state index < -0.39 is 30.1 Å². The summed E-state index contributed by atoms with van der Waals surface area (Å²) in [6.45, 7) is 7.12. The van der Waals surface area contributed by atoms with Gasteiger partial charge >= 0.3 is 0 Å². The van der Waals surface area contributed by atoms with Crippen LogP contribution >= 0.6 is 11.3 Å². The molecule has 0 radical (unpaired) electrons. The second kappa shape index (κ2) is 9.69. The number of aryl methyl sites for hydroxylation is 1. The molecule has 4 atom stereocenters. The number of thiazole rings is 1. The van der Waals surface area contributed by atoms with Crippen LogP contribution in [0, 0.1) is 12.3 Å². The molecule has 2 aliphatic heterocycles. The number of amides is 1. The molecule has 1 aromatic heterocycles. The van der Waals surface area contributed by atoms with Gasteiger partial charge in [-0.05, 0) is 31.5 Å². The first-order valence-electron chi connectivity index (χ1n) is 11.4. The fourth-order valence-corrected chi connectivity index (χ4v) is 5.50. The van der Waals surface area contributed by atoms with Gasteiger partial charge < -0.3 is 34.6 Å². The van der Waals surface area contributed by atoms with Gasteiger partial charge in [0.1, 0.15) is 6.10 Å². The van der Waals surface area contributed by atoms with Gasteiger partial charge in [0.05, 0.1) is 32.9 Å². The van der Waals surface area contributed by atoms with Crippen molar-refractivity contribution >= 4 is 22.4 Å². The summed E-state index contributed by atoms with van der Waals surface area (Å²) in [5.74, 6) is 0.515. The molecule has 0 spiro atoms. The molecule has 2 saturated heterocycles. The number of benzene rings is 1. The highest BCUT2D eigenvalue weighted by Crippen LogP contribution is 2.47. The maximum Gasteiger partial charge on any atom is 0.253 e. The third-order valence-corrected chi connectivity index (χ3v) is 8.04. The zero-order valence-corrected chi connectivity index (χ0v) is 20.8. The fourth-order valence-electron chi connectivity index (χ4n) is 4.72. The summed E-state index contributed by atoms with van der Waals surface area (Å²) in [5.41, 5.74) is 0.284. The van der Waals surface area contributed by atoms with Crippen molar-refractivity contribution in [3.8, 4) is 11.5 Å². The average molecular weight is 492 g/mol. The van der Waals surface area contributed by atoms with Gasteiger partial charge in [-0.2, -0.15) is 0 Å². The molecule has 34 heavy (non-hydrogen) atoms. The van der Waals surface area contributed by atoms with E-state index in [-0.39, 0.29) is 18.6 Å². The van der Waals surface area contributed by atoms with Crippen LogP contribution < -0.4 is 14.4 Å². The monoisotopic (exact) mass is 491 g/mol. The molecule has 0 bridgehead atoms. The van der Waals surface area contributed by atoms with E-state index >= 15 is 0 Å². The lowest BCUT2D eigenvalue weighted by Gasteiger charge is -2.39. The molecule has 1 amide bonds. The zero-order chi connectivity index (χ0) is 24.6. The standard InChI is InChI=1S/C24H33N3O6S/c1-14-8-25-23(34-14)26-9-17(10-26)33-21-7-16(5-6-20(21)32-4)18-11-27(22(31)19(30)12-28)13-24(18,3)15(2)29/h5-8,15,17-19,28-30H,9-13H2,1-4H3/t15?,18-,19?,24-/m0/s1. The van der Waals surface area contributed by atoms with E-state index in [9.17, 15) is 20.1 Å². The van der Waals surface area contributed by atoms with E-state index in [0.29, 0.717) is 18.0 Å². The normalized spacial score (nSPS) is 24.6. The molecule has 2 unspecified atom stereocenters. The molecular weight excluding hydrogens is 458 g/mol. The van der Waals surface area contributed by atoms with Gasteiger partial charge in [-0.1, -0.05) is 13.0 Å². The predicted octanol–water partition coefficient (Wildman–Crippen LogP) is 1.39. The molecule has 4 rings (SSSR count). The highest BCUT2D eigenvalue weighted by atomic mass is 32.1. The van der Waals surface area contributed by atoms with Crippen molar-refractivity contribution in [1.29, 1.82) is 0 Å². The van der Waals surface area contributed by atoms with Crippen molar-refractivity contribution in [1.82, 2.24) is 9.88 Å². The molecule has 0 aliphatic carbocycles. The first kappa shape index (κ1) is 24.7. The minimum absolute atomic E-state index is 0.00198. The number of methoxy groups -OCH3 is 1. The number of hydrogen-bond donors (Lipinski definition) is 3. The van der Waals surface area contributed by atoms with Crippen LogP contribution in [-0.4, -0.2) is 89.3 Å². The topological polar surface area (TPSA) is 116 Å². The lowest BCUT2D eigenvalue weighted by Crippen LogP contribution is -2.54. The smallest absolute Gasteiger partial charge is 0.253 e. The Morgan fingerprint density at radius 1 is 1.29 bits per heavy atom. The molecule has 10 heteroatoms. The van der Waals surface area contributed by atoms with Crippen molar-refractivity contribution < 1.29 is 29.6 Å². The van der Waals surface area contributed by atoms with E-state index in [2.05, 4.69) is 9.88 Å². The number of aliphatic hydroxyl groups is 3. The molecule has 3 heterocycles. The molecule has 9 nitrogen and oxygen atoms in total. The van der Waals surface area contributed by atoms with Crippen LogP contribution in [0.15, 0.2) is 24.4 Å². The Morgan fingerprint density at radius 3 is 2.62 bits per heavy atom. The Kier molecular flexibility index (Phi) is 7.04. The van der Waals surface area contributed by atoms with Crippen molar-refractivity contribution in [3.63, 3.8) is 0 Å². The van der Waals surface area contributed by atoms with Crippen LogP contribution in [0.2, 0.25) is 0 Å². The zero-order valence-electron chi connectivity index (χ0n) is 20.0. The molecule has 2 aliphatic rings. The number of likely N-dealkylation sites (tertiary alicyclic amines) is 1. The summed E-state index contributed by atoms with van der Waals surface area (Å²) in [7, 11) is 1.60. The van der Waals surface area contributed by atoms with E-state index in [1.807, 2.05) is 38.2 Å². The van der Waals surface area contributed by atoms with Crippen LogP contribution in [0.1, 0.15) is 30.2 Å². The van der Waals surface area contributed by atoms with E-state index in [0.717, 1.165) is 23.8 Å². The Morgan fingerprint density at radius 2 is 2.03 bits per heavy atom. The minimum Gasteiger partial charge on any atom is -0.493 e. The van der Waals surface area contributed by atoms with Crippen molar-refractivity contribution in [2.75, 3.05) is 44.8 Å². The summed E-state index contributed by atoms with van der Waals surface area (Å²) >= 11 is 1.66. The first-order chi connectivity index (χ1) is 16.2. The summed E-state index contributed by atoms with van der Waals surface area (Å²) in [4.78, 5) is 21.8. The summed E-state index contributed by atoms with van der Waals surface area (Å²) in [6.07, 6.45) is -0.294. The van der Waals surface area contributed by atoms with Gasteiger partial charge in [0, 0.05) is 35.5 Å². The highest BCUT2D eigenvalue weighted by Gasteiger charge is 2.49. The summed E-state index contributed by atoms with van der Waals surface area (Å²) < 4.78 is 11.8. The number of rotatable bonds is 8. The van der Waals surface area contributed by atoms with Gasteiger partial charge in [-0.25, -0.2) is 4.98 Å². The molecule has 2 aromatic rings. The van der Waals surface area contributed by atoms with E-state index in [1.54, 1.807) is 25.4 Å². The van der Waals surface area contributed by atoms with Crippen molar-refractivity contribution in [2.45, 2.75) is 45.0 Å². The van der Waals surface area contributed by atoms with Crippen LogP contribution in [0.4, 0.5) is 5.13 Å². The van der Waals surface area contributed by atoms with Crippen LogP contribution in [-0.2, 0) is 4.79 Å². The minimum atomic E-state index is -1.46. The third kappa shape index (κ3) is 4.59. The Labute approximate surface area is 203 Å². The molecule has 1 aromatic carbocycles. The first-order valence-corrected chi connectivity index (χ1v) is 12.3. The lowest BCUT2D eigenvalue weighted by atomic mass is 9.72. The maximum atomic E-state index is 12.6. The highest BCUT2D eigenvalue weighted by molar-refractivity contribution is 7.15. The number of carbonyl (C=O) groups excluding carboxylic acids is 1. The SMILES string of the molecule is COc1ccc([C@@H]2CN(C(=O)C(O)CO)C[C@@]2(C)C(C)O)cc1OC1CN(c2ncc(C)s2)C1. The largest absolute Gasteiger partial charge is 0.493 e. The Bertz CT molecular complexity index is 1020. The molecule has 3 N–H and O–H groups in total. The number of aliphatic hydroxyl groups excluding tert-OH is 3. The molecular formula is C24H33N3O6S. The van der Waals surface area contributed by atoms with E-state index in [4.69, 9.17) is 9.47 Å². The van der Waals surface area contributed by atoms with Gasteiger partial charge in [0.15, 0.2) is 22.7 Å². The number of nitrogens with zero attached hydrogens (tertiary/aromatic N) is 3. The summed E-state index contributed by atoms with van der Waals surface area (Å²) in [5, 5.41) is 30.7. The number of aromatic nitrogens is 1. The average Bonchev–Trinajstić information content (AvgIpc) is 3.38. The van der Waals surface area contributed by atoms with Gasteiger partial charge in [-0.15, -0.1) is 11.3 Å². The number of anilines is 1. The van der Waals surface area contributed by atoms with Crippen LogP contribution in [0.25, 0.3) is 0 Å². The van der Waals surface area contributed by atoms with Crippen LogP contribution in [0.5, 0.6) is 11.5 Å². The fraction of sp³-hybridized carbons (Fsp3) is 0.583. The number of carbonyl (C=O) groups is 1. The second-order valence-electron chi connectivity index (χ2n) is 9.46. The molecule has 2 fully saturated rings. The summed E-state index contributed by atoms with van der Waals surface area (Å²) in [6, 6.07) is 5.70. The Hall–Kier alpha value is -2.40. The third-order valence-electron chi connectivity index (χ3n) is 7.07. The second-order valence-corrected chi connectivity index (χ2v) is 10.7. The molecule has 0 saturated carbocycles. The maximum absolute atomic E-state index is 12.6. The van der Waals surface area contributed by atoms with Gasteiger partial charge in [0.25, 0.3) is 5.91 Å². The number of hydrogen-bond acceptors (Lipinski definition) is 9. The van der Waals surface area contributed by atoms with Crippen molar-refractivity contribution in [2.24, 2.45) is 5.41 Å². The van der Waals surface area contributed by atoms with Gasteiger partial charge in [-0.3, -0.25) is 4.79 Å². The van der Waals surface area contributed by atoms with Crippen molar-refractivity contribution in [3.05, 3.63) is 34.8 Å². The Balaban J connectivity index is 1.53. The quantitative estimate of drug-likeness (QED) is 0.508. The van der Waals surface area contributed by atoms with Crippen LogP contribution in [0.3, 0.4) is 0 Å². The lowest BCUT2D eigenvalue weighted by molar-refractivity contribution is -0.141. The number of ether oxygens (including phenoxy) is 2. The van der Waals surface area contributed by atoms with Gasteiger partial charge in [0.2, 0.25) is 0 Å². The predicted molar refractivity (Wildman–Crippen MR) is 129 cm³/mol. The molecule has 186 valence electrons. The van der Waals surface area contributed by atoms with E-state index in [1.165, 1.54) is 9.78 Å².